The SMILES string of the molecule is C=C[C@@H]1CN2CC[C@H]1C[C@H]2c1[nH]c2ccccc2c1CCO. The Kier molecular flexibility index (Phi) is 3.55. The van der Waals surface area contributed by atoms with Crippen molar-refractivity contribution in [3.05, 3.63) is 48.2 Å². The lowest BCUT2D eigenvalue weighted by Crippen LogP contribution is -2.48. The number of para-hydroxylation sites is 1. The van der Waals surface area contributed by atoms with Crippen LogP contribution in [-0.2, 0) is 6.42 Å². The number of piperidine rings is 3. The third-order valence-corrected chi connectivity index (χ3v) is 5.65. The molecule has 4 atom stereocenters. The van der Waals surface area contributed by atoms with Crippen molar-refractivity contribution < 1.29 is 5.11 Å². The molecule has 0 spiro atoms. The van der Waals surface area contributed by atoms with E-state index in [1.54, 1.807) is 0 Å². The van der Waals surface area contributed by atoms with Crippen molar-refractivity contribution in [1.29, 1.82) is 0 Å². The largest absolute Gasteiger partial charge is 0.396 e. The summed E-state index contributed by atoms with van der Waals surface area (Å²) in [6.07, 6.45) is 5.39. The van der Waals surface area contributed by atoms with E-state index in [9.17, 15) is 5.11 Å². The van der Waals surface area contributed by atoms with Gasteiger partial charge in [-0.25, -0.2) is 0 Å². The van der Waals surface area contributed by atoms with Gasteiger partial charge in [0.05, 0.1) is 6.04 Å². The van der Waals surface area contributed by atoms with Crippen LogP contribution in [0, 0.1) is 11.8 Å². The molecule has 3 aliphatic rings. The first-order valence-electron chi connectivity index (χ1n) is 8.38. The Morgan fingerprint density at radius 1 is 1.36 bits per heavy atom. The predicted molar refractivity (Wildman–Crippen MR) is 89.8 cm³/mol. The molecule has 0 radical (unpaired) electrons. The van der Waals surface area contributed by atoms with E-state index < -0.39 is 0 Å². The fraction of sp³-hybridized carbons (Fsp3) is 0.474. The first kappa shape index (κ1) is 14.0. The van der Waals surface area contributed by atoms with Crippen LogP contribution in [0.5, 0.6) is 0 Å². The second-order valence-corrected chi connectivity index (χ2v) is 6.73. The number of nitrogens with zero attached hydrogens (tertiary/aromatic N) is 1. The molecular weight excluding hydrogens is 272 g/mol. The molecule has 2 aromatic rings. The summed E-state index contributed by atoms with van der Waals surface area (Å²) in [5, 5.41) is 10.8. The number of hydrogen-bond donors (Lipinski definition) is 2. The molecule has 3 aliphatic heterocycles. The standard InChI is InChI=1S/C19H24N2O/c1-2-13-12-21-9-7-14(13)11-18(21)19-16(8-10-22)15-5-3-4-6-17(15)20-19/h2-6,13-14,18,20,22H,1,7-12H2/t13-,14+,18+/m1/s1. The van der Waals surface area contributed by atoms with E-state index in [2.05, 4.69) is 46.8 Å². The molecule has 116 valence electrons. The molecule has 3 saturated heterocycles. The molecule has 3 nitrogen and oxygen atoms in total. The Labute approximate surface area is 131 Å². The molecule has 0 aliphatic carbocycles. The number of nitrogens with one attached hydrogen (secondary N) is 1. The number of rotatable bonds is 4. The number of hydrogen-bond acceptors (Lipinski definition) is 2. The minimum absolute atomic E-state index is 0.209. The van der Waals surface area contributed by atoms with E-state index in [1.165, 1.54) is 41.5 Å². The van der Waals surface area contributed by atoms with Crippen LogP contribution in [0.15, 0.2) is 36.9 Å². The zero-order valence-corrected chi connectivity index (χ0v) is 13.0. The van der Waals surface area contributed by atoms with Crippen molar-refractivity contribution in [2.75, 3.05) is 19.7 Å². The number of aromatic amines is 1. The van der Waals surface area contributed by atoms with Crippen molar-refractivity contribution in [2.45, 2.75) is 25.3 Å². The highest BCUT2D eigenvalue weighted by molar-refractivity contribution is 5.84. The van der Waals surface area contributed by atoms with E-state index in [0.29, 0.717) is 12.0 Å². The average molecular weight is 296 g/mol. The molecule has 3 heteroatoms. The lowest BCUT2D eigenvalue weighted by Gasteiger charge is -2.49. The van der Waals surface area contributed by atoms with Crippen LogP contribution in [0.3, 0.4) is 0 Å². The van der Waals surface area contributed by atoms with Gasteiger partial charge in [-0.15, -0.1) is 6.58 Å². The van der Waals surface area contributed by atoms with Gasteiger partial charge in [-0.1, -0.05) is 24.3 Å². The molecule has 0 saturated carbocycles. The molecule has 1 aromatic carbocycles. The third-order valence-electron chi connectivity index (χ3n) is 5.65. The van der Waals surface area contributed by atoms with E-state index in [-0.39, 0.29) is 6.61 Å². The van der Waals surface area contributed by atoms with Crippen LogP contribution >= 0.6 is 0 Å². The Bertz CT molecular complexity index is 690. The maximum absolute atomic E-state index is 9.49. The van der Waals surface area contributed by atoms with Gasteiger partial charge < -0.3 is 10.1 Å². The monoisotopic (exact) mass is 296 g/mol. The summed E-state index contributed by atoms with van der Waals surface area (Å²) in [7, 11) is 0. The topological polar surface area (TPSA) is 39.3 Å². The zero-order valence-electron chi connectivity index (χ0n) is 13.0. The van der Waals surface area contributed by atoms with Crippen LogP contribution in [-0.4, -0.2) is 34.7 Å². The molecule has 1 aromatic heterocycles. The van der Waals surface area contributed by atoms with Gasteiger partial charge in [-0.2, -0.15) is 0 Å². The van der Waals surface area contributed by atoms with Gasteiger partial charge >= 0.3 is 0 Å². The van der Waals surface area contributed by atoms with E-state index in [1.807, 2.05) is 0 Å². The Morgan fingerprint density at radius 3 is 2.95 bits per heavy atom. The summed E-state index contributed by atoms with van der Waals surface area (Å²) in [5.41, 5.74) is 3.84. The van der Waals surface area contributed by atoms with Gasteiger partial charge in [0.25, 0.3) is 0 Å². The van der Waals surface area contributed by atoms with Crippen LogP contribution in [0.4, 0.5) is 0 Å². The van der Waals surface area contributed by atoms with Crippen molar-refractivity contribution >= 4 is 10.9 Å². The van der Waals surface area contributed by atoms with Crippen LogP contribution < -0.4 is 0 Å². The van der Waals surface area contributed by atoms with Crippen molar-refractivity contribution in [2.24, 2.45) is 11.8 Å². The van der Waals surface area contributed by atoms with E-state index in [0.717, 1.165) is 18.9 Å². The van der Waals surface area contributed by atoms with Gasteiger partial charge in [-0.3, -0.25) is 4.90 Å². The predicted octanol–water partition coefficient (Wildman–Crippen LogP) is 3.27. The molecule has 1 unspecified atom stereocenters. The normalized spacial score (nSPS) is 30.8. The number of H-pyrrole nitrogens is 1. The number of fused-ring (bicyclic) bond motifs is 4. The highest BCUT2D eigenvalue weighted by Crippen LogP contribution is 2.45. The van der Waals surface area contributed by atoms with Crippen molar-refractivity contribution in [3.63, 3.8) is 0 Å². The highest BCUT2D eigenvalue weighted by atomic mass is 16.2. The van der Waals surface area contributed by atoms with Gasteiger partial charge in [-0.05, 0) is 49.3 Å². The van der Waals surface area contributed by atoms with Gasteiger partial charge in [0.1, 0.15) is 0 Å². The van der Waals surface area contributed by atoms with E-state index in [4.69, 9.17) is 0 Å². The number of aromatic nitrogens is 1. The molecule has 2 bridgehead atoms. The Balaban J connectivity index is 1.75. The molecule has 0 amide bonds. The minimum Gasteiger partial charge on any atom is -0.396 e. The lowest BCUT2D eigenvalue weighted by atomic mass is 9.74. The summed E-state index contributed by atoms with van der Waals surface area (Å²) in [6.45, 7) is 6.54. The first-order chi connectivity index (χ1) is 10.8. The first-order valence-corrected chi connectivity index (χ1v) is 8.38. The second-order valence-electron chi connectivity index (χ2n) is 6.73. The summed E-state index contributed by atoms with van der Waals surface area (Å²) in [4.78, 5) is 6.27. The van der Waals surface area contributed by atoms with Gasteiger partial charge in [0, 0.05) is 29.7 Å². The fourth-order valence-electron chi connectivity index (χ4n) is 4.52. The van der Waals surface area contributed by atoms with Crippen LogP contribution in [0.2, 0.25) is 0 Å². The Morgan fingerprint density at radius 2 is 2.23 bits per heavy atom. The molecular formula is C19H24N2O. The molecule has 5 rings (SSSR count). The average Bonchev–Trinajstić information content (AvgIpc) is 2.94. The van der Waals surface area contributed by atoms with E-state index >= 15 is 0 Å². The summed E-state index contributed by atoms with van der Waals surface area (Å²) in [6, 6.07) is 8.95. The number of aliphatic hydroxyl groups excluding tert-OH is 1. The highest BCUT2D eigenvalue weighted by Gasteiger charge is 2.40. The van der Waals surface area contributed by atoms with Crippen molar-refractivity contribution in [3.8, 4) is 0 Å². The maximum atomic E-state index is 9.49. The third kappa shape index (κ3) is 2.11. The quantitative estimate of drug-likeness (QED) is 0.850. The smallest absolute Gasteiger partial charge is 0.0504 e. The number of aliphatic hydroxyl groups is 1. The molecule has 22 heavy (non-hydrogen) atoms. The van der Waals surface area contributed by atoms with Crippen LogP contribution in [0.25, 0.3) is 10.9 Å². The molecule has 3 fully saturated rings. The van der Waals surface area contributed by atoms with Gasteiger partial charge in [0.15, 0.2) is 0 Å². The number of benzene rings is 1. The van der Waals surface area contributed by atoms with Gasteiger partial charge in [0.2, 0.25) is 0 Å². The lowest BCUT2D eigenvalue weighted by molar-refractivity contribution is 0.0163. The second kappa shape index (κ2) is 5.56. The maximum Gasteiger partial charge on any atom is 0.0504 e. The van der Waals surface area contributed by atoms with Crippen molar-refractivity contribution in [1.82, 2.24) is 9.88 Å². The minimum atomic E-state index is 0.209. The molecule has 4 heterocycles. The summed E-state index contributed by atoms with van der Waals surface area (Å²) >= 11 is 0. The Hall–Kier alpha value is -1.58. The summed E-state index contributed by atoms with van der Waals surface area (Å²) < 4.78 is 0. The summed E-state index contributed by atoms with van der Waals surface area (Å²) in [5.74, 6) is 1.41. The zero-order chi connectivity index (χ0) is 15.1. The molecule has 2 N–H and O–H groups in total. The van der Waals surface area contributed by atoms with Crippen LogP contribution in [0.1, 0.15) is 30.1 Å². The fourth-order valence-corrected chi connectivity index (χ4v) is 4.52.